The summed E-state index contributed by atoms with van der Waals surface area (Å²) in [7, 11) is 0. The molecule has 0 aliphatic heterocycles. The van der Waals surface area contributed by atoms with Gasteiger partial charge in [-0.25, -0.2) is 4.79 Å². The molecule has 27 heavy (non-hydrogen) atoms. The van der Waals surface area contributed by atoms with Crippen molar-refractivity contribution in [2.75, 3.05) is 0 Å². The van der Waals surface area contributed by atoms with Crippen molar-refractivity contribution in [3.8, 4) is 5.75 Å². The highest BCUT2D eigenvalue weighted by atomic mass is 16.5. The number of ether oxygens (including phenoxy) is 1. The highest BCUT2D eigenvalue weighted by Gasteiger charge is 2.19. The van der Waals surface area contributed by atoms with E-state index in [2.05, 4.69) is 35.0 Å². The van der Waals surface area contributed by atoms with Gasteiger partial charge in [-0.05, 0) is 55.0 Å². The molecule has 0 amide bonds. The summed E-state index contributed by atoms with van der Waals surface area (Å²) in [5, 5.41) is 8.21. The Morgan fingerprint density at radius 3 is 2.74 bits per heavy atom. The molecule has 0 atom stereocenters. The van der Waals surface area contributed by atoms with E-state index < -0.39 is 5.97 Å². The number of aromatic amines is 1. The van der Waals surface area contributed by atoms with Crippen molar-refractivity contribution in [2.45, 2.75) is 32.1 Å². The molecular weight excluding hydrogens is 336 g/mol. The van der Waals surface area contributed by atoms with Gasteiger partial charge >= 0.3 is 5.97 Å². The molecule has 1 N–H and O–H groups in total. The Balaban J connectivity index is 1.89. The summed E-state index contributed by atoms with van der Waals surface area (Å²) >= 11 is 0. The molecule has 0 spiro atoms. The zero-order valence-corrected chi connectivity index (χ0v) is 15.2. The van der Waals surface area contributed by atoms with Crippen LogP contribution in [0.1, 0.15) is 43.2 Å². The fourth-order valence-corrected chi connectivity index (χ4v) is 3.79. The van der Waals surface area contributed by atoms with Crippen LogP contribution in [-0.4, -0.2) is 16.2 Å². The van der Waals surface area contributed by atoms with E-state index in [1.165, 1.54) is 36.5 Å². The summed E-state index contributed by atoms with van der Waals surface area (Å²) < 4.78 is 5.55. The third kappa shape index (κ3) is 3.56. The first-order valence-corrected chi connectivity index (χ1v) is 9.35. The Bertz CT molecular complexity index is 1020. The first kappa shape index (κ1) is 17.3. The van der Waals surface area contributed by atoms with Gasteiger partial charge in [0.05, 0.1) is 11.7 Å². The maximum absolute atomic E-state index is 11.8. The van der Waals surface area contributed by atoms with Crippen molar-refractivity contribution in [1.29, 1.82) is 0 Å². The van der Waals surface area contributed by atoms with Crippen LogP contribution in [0.15, 0.2) is 66.9 Å². The normalized spacial score (nSPS) is 14.1. The highest BCUT2D eigenvalue weighted by molar-refractivity contribution is 5.91. The summed E-state index contributed by atoms with van der Waals surface area (Å²) in [4.78, 5) is 11.8. The van der Waals surface area contributed by atoms with Crippen molar-refractivity contribution < 1.29 is 9.53 Å². The molecule has 4 nitrogen and oxygen atoms in total. The number of H-pyrrole nitrogens is 1. The number of para-hydroxylation sites is 1. The zero-order chi connectivity index (χ0) is 18.6. The molecule has 0 unspecified atom stereocenters. The number of aromatic nitrogens is 2. The van der Waals surface area contributed by atoms with Gasteiger partial charge < -0.3 is 4.74 Å². The van der Waals surface area contributed by atoms with Gasteiger partial charge in [-0.3, -0.25) is 5.10 Å². The van der Waals surface area contributed by atoms with E-state index in [1.807, 2.05) is 30.5 Å². The number of fused-ring (bicyclic) bond motifs is 1. The van der Waals surface area contributed by atoms with E-state index in [0.717, 1.165) is 34.9 Å². The molecule has 1 heterocycles. The van der Waals surface area contributed by atoms with E-state index >= 15 is 0 Å². The summed E-state index contributed by atoms with van der Waals surface area (Å²) in [5.74, 6) is 0.128. The highest BCUT2D eigenvalue weighted by Crippen LogP contribution is 2.39. The van der Waals surface area contributed by atoms with Crippen LogP contribution in [0, 0.1) is 0 Å². The molecule has 4 rings (SSSR count). The van der Waals surface area contributed by atoms with Gasteiger partial charge in [-0.1, -0.05) is 42.8 Å². The largest absolute Gasteiger partial charge is 0.423 e. The smallest absolute Gasteiger partial charge is 0.335 e. The Morgan fingerprint density at radius 1 is 1.11 bits per heavy atom. The molecule has 3 aromatic rings. The number of rotatable bonds is 4. The zero-order valence-electron chi connectivity index (χ0n) is 15.2. The van der Waals surface area contributed by atoms with Gasteiger partial charge in [0.2, 0.25) is 0 Å². The maximum Gasteiger partial charge on any atom is 0.335 e. The number of nitrogens with one attached hydrogen (secondary N) is 1. The number of carbonyl (C=O) groups excluding carboxylic acids is 1. The number of allylic oxidation sites excluding steroid dienone is 1. The molecule has 1 saturated carbocycles. The molecule has 136 valence electrons. The summed E-state index contributed by atoms with van der Waals surface area (Å²) in [6, 6.07) is 14.1. The molecule has 1 aliphatic rings. The number of hydrogen-bond donors (Lipinski definition) is 1. The SMILES string of the molecule is C=CC(=O)Oc1ccccc1C(=C1CCCCC1)c1ccc2[nH]ncc2c1. The molecule has 0 radical (unpaired) electrons. The number of nitrogens with zero attached hydrogens (tertiary/aromatic N) is 1. The minimum atomic E-state index is -0.444. The van der Waals surface area contributed by atoms with Crippen molar-refractivity contribution >= 4 is 22.4 Å². The van der Waals surface area contributed by atoms with Gasteiger partial charge in [-0.2, -0.15) is 5.10 Å². The lowest BCUT2D eigenvalue weighted by molar-refractivity contribution is -0.128. The van der Waals surface area contributed by atoms with Gasteiger partial charge in [0.1, 0.15) is 5.75 Å². The lowest BCUT2D eigenvalue weighted by Crippen LogP contribution is -2.07. The summed E-state index contributed by atoms with van der Waals surface area (Å²) in [6.07, 6.45) is 8.84. The van der Waals surface area contributed by atoms with Crippen molar-refractivity contribution in [2.24, 2.45) is 0 Å². The molecular formula is C23H22N2O2. The predicted octanol–water partition coefficient (Wildman–Crippen LogP) is 5.42. The number of esters is 1. The lowest BCUT2D eigenvalue weighted by Gasteiger charge is -2.22. The van der Waals surface area contributed by atoms with Crippen LogP contribution in [0.4, 0.5) is 0 Å². The van der Waals surface area contributed by atoms with Gasteiger partial charge in [0, 0.05) is 17.0 Å². The number of carbonyl (C=O) groups is 1. The van der Waals surface area contributed by atoms with Crippen molar-refractivity contribution in [3.05, 3.63) is 78.0 Å². The lowest BCUT2D eigenvalue weighted by atomic mass is 9.84. The van der Waals surface area contributed by atoms with E-state index in [1.54, 1.807) is 0 Å². The van der Waals surface area contributed by atoms with Crippen molar-refractivity contribution in [1.82, 2.24) is 10.2 Å². The van der Waals surface area contributed by atoms with Gasteiger partial charge in [-0.15, -0.1) is 0 Å². The minimum Gasteiger partial charge on any atom is -0.423 e. The molecule has 2 aromatic carbocycles. The Morgan fingerprint density at radius 2 is 1.93 bits per heavy atom. The van der Waals surface area contributed by atoms with Gasteiger partial charge in [0.15, 0.2) is 0 Å². The third-order valence-corrected chi connectivity index (χ3v) is 5.07. The molecule has 0 bridgehead atoms. The van der Waals surface area contributed by atoms with Gasteiger partial charge in [0.25, 0.3) is 0 Å². The monoisotopic (exact) mass is 358 g/mol. The van der Waals surface area contributed by atoms with Crippen molar-refractivity contribution in [3.63, 3.8) is 0 Å². The quantitative estimate of drug-likeness (QED) is 0.385. The van der Waals surface area contributed by atoms with Crippen LogP contribution in [0.5, 0.6) is 5.75 Å². The standard InChI is InChI=1S/C23H22N2O2/c1-2-22(26)27-21-11-7-6-10-19(21)23(16-8-4-3-5-9-16)17-12-13-20-18(14-17)15-24-25-20/h2,6-7,10-15H,1,3-5,8-9H2,(H,24,25). The predicted molar refractivity (Wildman–Crippen MR) is 107 cm³/mol. The molecule has 4 heteroatoms. The topological polar surface area (TPSA) is 55.0 Å². The fraction of sp³-hybridized carbons (Fsp3) is 0.217. The van der Waals surface area contributed by atoms with Crippen LogP contribution < -0.4 is 4.74 Å². The second kappa shape index (κ2) is 7.62. The average molecular weight is 358 g/mol. The van der Waals surface area contributed by atoms with E-state index in [0.29, 0.717) is 5.75 Å². The summed E-state index contributed by atoms with van der Waals surface area (Å²) in [5.41, 5.74) is 5.69. The maximum atomic E-state index is 11.8. The first-order chi connectivity index (χ1) is 13.3. The first-order valence-electron chi connectivity index (χ1n) is 9.35. The third-order valence-electron chi connectivity index (χ3n) is 5.07. The Kier molecular flexibility index (Phi) is 4.88. The van der Waals surface area contributed by atoms with Crippen LogP contribution >= 0.6 is 0 Å². The molecule has 1 fully saturated rings. The second-order valence-corrected chi connectivity index (χ2v) is 6.83. The fourth-order valence-electron chi connectivity index (χ4n) is 3.79. The number of benzene rings is 2. The minimum absolute atomic E-state index is 0.444. The van der Waals surface area contributed by atoms with Crippen LogP contribution in [0.2, 0.25) is 0 Å². The molecule has 1 aromatic heterocycles. The summed E-state index contributed by atoms with van der Waals surface area (Å²) in [6.45, 7) is 3.51. The van der Waals surface area contributed by atoms with E-state index in [9.17, 15) is 4.79 Å². The Hall–Kier alpha value is -3.14. The molecule has 0 saturated heterocycles. The van der Waals surface area contributed by atoms with E-state index in [4.69, 9.17) is 4.74 Å². The second-order valence-electron chi connectivity index (χ2n) is 6.83. The Labute approximate surface area is 158 Å². The van der Waals surface area contributed by atoms with E-state index in [-0.39, 0.29) is 0 Å². The van der Waals surface area contributed by atoms with Crippen LogP contribution in [0.3, 0.4) is 0 Å². The number of hydrogen-bond acceptors (Lipinski definition) is 3. The van der Waals surface area contributed by atoms with Crippen LogP contribution in [0.25, 0.3) is 16.5 Å². The van der Waals surface area contributed by atoms with Crippen LogP contribution in [-0.2, 0) is 4.79 Å². The molecule has 1 aliphatic carbocycles. The average Bonchev–Trinajstić information content (AvgIpc) is 3.18.